The number of nitrogens with zero attached hydrogens (tertiary/aromatic N) is 1. The molecule has 3 nitrogen and oxygen atoms in total. The largest absolute Gasteiger partial charge is 0.380 e. The maximum absolute atomic E-state index is 6.08. The second-order valence-corrected chi connectivity index (χ2v) is 6.65. The molecular weight excluding hydrogens is 260 g/mol. The second kappa shape index (κ2) is 6.91. The van der Waals surface area contributed by atoms with Crippen LogP contribution in [0.3, 0.4) is 0 Å². The second-order valence-electron chi connectivity index (χ2n) is 6.65. The van der Waals surface area contributed by atoms with Gasteiger partial charge in [-0.25, -0.2) is 0 Å². The fourth-order valence-corrected chi connectivity index (χ4v) is 3.02. The van der Waals surface area contributed by atoms with E-state index in [-0.39, 0.29) is 0 Å². The molecule has 0 radical (unpaired) electrons. The van der Waals surface area contributed by atoms with Gasteiger partial charge in [-0.1, -0.05) is 24.3 Å². The zero-order valence-corrected chi connectivity index (χ0v) is 13.1. The SMILES string of the molecule is CN(CCOCC1CC1)C(CN)c1ccccc1C1CC1. The lowest BCUT2D eigenvalue weighted by Crippen LogP contribution is -2.33. The van der Waals surface area contributed by atoms with Crippen molar-refractivity contribution < 1.29 is 4.74 Å². The summed E-state index contributed by atoms with van der Waals surface area (Å²) >= 11 is 0. The first-order valence-electron chi connectivity index (χ1n) is 8.36. The molecule has 3 rings (SSSR count). The molecule has 21 heavy (non-hydrogen) atoms. The smallest absolute Gasteiger partial charge is 0.0593 e. The van der Waals surface area contributed by atoms with E-state index in [4.69, 9.17) is 10.5 Å². The zero-order valence-electron chi connectivity index (χ0n) is 13.1. The number of hydrogen-bond donors (Lipinski definition) is 1. The monoisotopic (exact) mass is 288 g/mol. The molecule has 0 aliphatic heterocycles. The third kappa shape index (κ3) is 4.06. The summed E-state index contributed by atoms with van der Waals surface area (Å²) in [6.07, 6.45) is 5.39. The summed E-state index contributed by atoms with van der Waals surface area (Å²) in [7, 11) is 2.17. The highest BCUT2D eigenvalue weighted by Crippen LogP contribution is 2.43. The van der Waals surface area contributed by atoms with Crippen molar-refractivity contribution in [2.75, 3.05) is 33.4 Å². The van der Waals surface area contributed by atoms with Gasteiger partial charge < -0.3 is 10.5 Å². The van der Waals surface area contributed by atoms with Gasteiger partial charge in [0.05, 0.1) is 6.61 Å². The molecule has 0 bridgehead atoms. The molecule has 1 atom stereocenters. The number of hydrogen-bond acceptors (Lipinski definition) is 3. The Bertz CT molecular complexity index is 454. The first kappa shape index (κ1) is 15.0. The summed E-state index contributed by atoms with van der Waals surface area (Å²) in [5.41, 5.74) is 9.01. The van der Waals surface area contributed by atoms with Crippen LogP contribution in [0.15, 0.2) is 24.3 Å². The first-order chi connectivity index (χ1) is 10.3. The standard InChI is InChI=1S/C18H28N2O/c1-20(10-11-21-13-14-6-7-14)18(12-19)17-5-3-2-4-16(17)15-8-9-15/h2-5,14-15,18H,6-13,19H2,1H3. The summed E-state index contributed by atoms with van der Waals surface area (Å²) in [5, 5.41) is 0. The van der Waals surface area contributed by atoms with Crippen molar-refractivity contribution in [3.05, 3.63) is 35.4 Å². The molecule has 2 saturated carbocycles. The van der Waals surface area contributed by atoms with Gasteiger partial charge in [0.25, 0.3) is 0 Å². The Labute approximate surface area is 128 Å². The minimum atomic E-state index is 0.311. The topological polar surface area (TPSA) is 38.5 Å². The summed E-state index contributed by atoms with van der Waals surface area (Å²) in [6, 6.07) is 9.15. The molecule has 2 aliphatic rings. The number of nitrogens with two attached hydrogens (primary N) is 1. The van der Waals surface area contributed by atoms with Gasteiger partial charge in [0.1, 0.15) is 0 Å². The van der Waals surface area contributed by atoms with E-state index < -0.39 is 0 Å². The summed E-state index contributed by atoms with van der Waals surface area (Å²) < 4.78 is 5.77. The van der Waals surface area contributed by atoms with Crippen molar-refractivity contribution in [1.29, 1.82) is 0 Å². The van der Waals surface area contributed by atoms with Crippen LogP contribution in [0.1, 0.15) is 48.8 Å². The Kier molecular flexibility index (Phi) is 4.94. The van der Waals surface area contributed by atoms with E-state index in [1.54, 1.807) is 0 Å². The first-order valence-corrected chi connectivity index (χ1v) is 8.36. The van der Waals surface area contributed by atoms with E-state index in [2.05, 4.69) is 36.2 Å². The minimum Gasteiger partial charge on any atom is -0.380 e. The Hall–Kier alpha value is -0.900. The molecule has 1 unspecified atom stereocenters. The van der Waals surface area contributed by atoms with Gasteiger partial charge in [-0.15, -0.1) is 0 Å². The lowest BCUT2D eigenvalue weighted by atomic mass is 9.96. The van der Waals surface area contributed by atoms with Gasteiger partial charge in [0, 0.05) is 25.7 Å². The van der Waals surface area contributed by atoms with E-state index in [1.807, 2.05) is 0 Å². The highest BCUT2D eigenvalue weighted by molar-refractivity contribution is 5.35. The Morgan fingerprint density at radius 3 is 2.67 bits per heavy atom. The van der Waals surface area contributed by atoms with Crippen molar-refractivity contribution in [2.45, 2.75) is 37.6 Å². The number of benzene rings is 1. The minimum absolute atomic E-state index is 0.311. The van der Waals surface area contributed by atoms with E-state index in [1.165, 1.54) is 36.8 Å². The molecular formula is C18H28N2O. The maximum Gasteiger partial charge on any atom is 0.0593 e. The van der Waals surface area contributed by atoms with Crippen molar-refractivity contribution in [3.63, 3.8) is 0 Å². The lowest BCUT2D eigenvalue weighted by molar-refractivity contribution is 0.0921. The van der Waals surface area contributed by atoms with Crippen LogP contribution >= 0.6 is 0 Å². The van der Waals surface area contributed by atoms with Gasteiger partial charge in [0.15, 0.2) is 0 Å². The third-order valence-electron chi connectivity index (χ3n) is 4.77. The fraction of sp³-hybridized carbons (Fsp3) is 0.667. The Balaban J connectivity index is 1.57. The van der Waals surface area contributed by atoms with Gasteiger partial charge in [0.2, 0.25) is 0 Å². The molecule has 3 heteroatoms. The average molecular weight is 288 g/mol. The summed E-state index contributed by atoms with van der Waals surface area (Å²) in [5.74, 6) is 1.62. The molecule has 0 aromatic heterocycles. The van der Waals surface area contributed by atoms with Crippen LogP contribution in [-0.4, -0.2) is 38.3 Å². The normalized spacial score (nSPS) is 20.0. The lowest BCUT2D eigenvalue weighted by Gasteiger charge is -2.29. The molecule has 0 heterocycles. The quantitative estimate of drug-likeness (QED) is 0.710. The van der Waals surface area contributed by atoms with Gasteiger partial charge in [-0.3, -0.25) is 4.90 Å². The van der Waals surface area contributed by atoms with Crippen LogP contribution < -0.4 is 5.73 Å². The van der Waals surface area contributed by atoms with E-state index >= 15 is 0 Å². The average Bonchev–Trinajstić information content (AvgIpc) is 3.39. The predicted molar refractivity (Wildman–Crippen MR) is 86.4 cm³/mol. The van der Waals surface area contributed by atoms with Crippen molar-refractivity contribution in [3.8, 4) is 0 Å². The van der Waals surface area contributed by atoms with E-state index in [9.17, 15) is 0 Å². The van der Waals surface area contributed by atoms with Crippen LogP contribution in [0.2, 0.25) is 0 Å². The Morgan fingerprint density at radius 1 is 1.24 bits per heavy atom. The van der Waals surface area contributed by atoms with E-state index in [0.717, 1.165) is 31.6 Å². The third-order valence-corrected chi connectivity index (χ3v) is 4.77. The molecule has 0 saturated heterocycles. The highest BCUT2D eigenvalue weighted by atomic mass is 16.5. The van der Waals surface area contributed by atoms with Gasteiger partial charge in [-0.05, 0) is 55.7 Å². The van der Waals surface area contributed by atoms with Gasteiger partial charge >= 0.3 is 0 Å². The Morgan fingerprint density at radius 2 is 2.00 bits per heavy atom. The molecule has 0 spiro atoms. The molecule has 2 N–H and O–H groups in total. The van der Waals surface area contributed by atoms with Crippen LogP contribution in [0, 0.1) is 5.92 Å². The molecule has 116 valence electrons. The van der Waals surface area contributed by atoms with Crippen molar-refractivity contribution >= 4 is 0 Å². The maximum atomic E-state index is 6.08. The number of ether oxygens (including phenoxy) is 1. The molecule has 1 aromatic carbocycles. The fourth-order valence-electron chi connectivity index (χ4n) is 3.02. The number of likely N-dealkylation sites (N-methyl/N-ethyl adjacent to an activating group) is 1. The highest BCUT2D eigenvalue weighted by Gasteiger charge is 2.29. The van der Waals surface area contributed by atoms with Crippen LogP contribution in [0.5, 0.6) is 0 Å². The summed E-state index contributed by atoms with van der Waals surface area (Å²) in [6.45, 7) is 3.38. The molecule has 1 aromatic rings. The van der Waals surface area contributed by atoms with Crippen molar-refractivity contribution in [1.82, 2.24) is 4.90 Å². The number of rotatable bonds is 9. The summed E-state index contributed by atoms with van der Waals surface area (Å²) in [4.78, 5) is 2.36. The molecule has 0 amide bonds. The molecule has 2 fully saturated rings. The predicted octanol–water partition coefficient (Wildman–Crippen LogP) is 2.92. The van der Waals surface area contributed by atoms with Crippen LogP contribution in [0.25, 0.3) is 0 Å². The molecule has 2 aliphatic carbocycles. The van der Waals surface area contributed by atoms with Gasteiger partial charge in [-0.2, -0.15) is 0 Å². The zero-order chi connectivity index (χ0) is 14.7. The van der Waals surface area contributed by atoms with Crippen LogP contribution in [-0.2, 0) is 4.74 Å². The van der Waals surface area contributed by atoms with Crippen LogP contribution in [0.4, 0.5) is 0 Å². The van der Waals surface area contributed by atoms with E-state index in [0.29, 0.717) is 12.6 Å². The van der Waals surface area contributed by atoms with Crippen molar-refractivity contribution in [2.24, 2.45) is 11.7 Å².